The van der Waals surface area contributed by atoms with Crippen molar-refractivity contribution >= 4 is 5.97 Å². The van der Waals surface area contributed by atoms with Crippen LogP contribution in [0, 0.1) is 13.8 Å². The number of nitrogens with zero attached hydrogens (tertiary/aromatic N) is 1. The lowest BCUT2D eigenvalue weighted by Crippen LogP contribution is -2.32. The molecule has 0 aliphatic carbocycles. The summed E-state index contributed by atoms with van der Waals surface area (Å²) in [6, 6.07) is 6.45. The van der Waals surface area contributed by atoms with Gasteiger partial charge in [0.2, 0.25) is 0 Å². The number of rotatable bonds is 7. The summed E-state index contributed by atoms with van der Waals surface area (Å²) in [4.78, 5) is 13.1. The highest BCUT2D eigenvalue weighted by Crippen LogP contribution is 2.20. The normalized spacial score (nSPS) is 18.9. The number of carbonyl (C=O) groups is 1. The van der Waals surface area contributed by atoms with E-state index in [4.69, 9.17) is 9.84 Å². The molecule has 1 N–H and O–H groups in total. The summed E-state index contributed by atoms with van der Waals surface area (Å²) in [5.74, 6) is 0.231. The zero-order chi connectivity index (χ0) is 15.2. The first-order chi connectivity index (χ1) is 10.0. The molecule has 1 unspecified atom stereocenters. The van der Waals surface area contributed by atoms with E-state index in [0.717, 1.165) is 38.1 Å². The van der Waals surface area contributed by atoms with Crippen LogP contribution in [0.2, 0.25) is 0 Å². The summed E-state index contributed by atoms with van der Waals surface area (Å²) in [6.07, 6.45) is 3.31. The summed E-state index contributed by atoms with van der Waals surface area (Å²) in [6.45, 7) is 6.75. The lowest BCUT2D eigenvalue weighted by Gasteiger charge is -2.23. The van der Waals surface area contributed by atoms with Crippen LogP contribution in [-0.2, 0) is 4.79 Å². The minimum Gasteiger partial charge on any atom is -0.494 e. The van der Waals surface area contributed by atoms with Crippen LogP contribution >= 0.6 is 0 Å². The fourth-order valence-electron chi connectivity index (χ4n) is 3.10. The summed E-state index contributed by atoms with van der Waals surface area (Å²) < 4.78 is 5.80. The van der Waals surface area contributed by atoms with Gasteiger partial charge in [0.15, 0.2) is 0 Å². The third-order valence-electron chi connectivity index (χ3n) is 3.96. The summed E-state index contributed by atoms with van der Waals surface area (Å²) >= 11 is 0. The minimum atomic E-state index is -0.696. The van der Waals surface area contributed by atoms with E-state index in [2.05, 4.69) is 36.9 Å². The average molecular weight is 291 g/mol. The van der Waals surface area contributed by atoms with Crippen molar-refractivity contribution in [2.75, 3.05) is 19.7 Å². The summed E-state index contributed by atoms with van der Waals surface area (Å²) in [5, 5.41) is 8.91. The number of carboxylic acids is 1. The van der Waals surface area contributed by atoms with Crippen LogP contribution < -0.4 is 4.74 Å². The lowest BCUT2D eigenvalue weighted by atomic mass is 10.1. The van der Waals surface area contributed by atoms with E-state index in [1.165, 1.54) is 11.1 Å². The second-order valence-corrected chi connectivity index (χ2v) is 5.96. The van der Waals surface area contributed by atoms with Crippen molar-refractivity contribution in [3.63, 3.8) is 0 Å². The molecule has 0 saturated carbocycles. The number of benzene rings is 1. The van der Waals surface area contributed by atoms with E-state index >= 15 is 0 Å². The van der Waals surface area contributed by atoms with Gasteiger partial charge in [0.25, 0.3) is 0 Å². The molecule has 0 bridgehead atoms. The standard InChI is InChI=1S/C17H25NO3/c1-13-9-14(2)11-16(10-13)21-8-4-7-18-6-3-5-15(18)12-17(19)20/h9-11,15H,3-8,12H2,1-2H3,(H,19,20). The van der Waals surface area contributed by atoms with E-state index in [-0.39, 0.29) is 12.5 Å². The highest BCUT2D eigenvalue weighted by molar-refractivity contribution is 5.67. The Morgan fingerprint density at radius 2 is 2.05 bits per heavy atom. The Kier molecular flexibility index (Phi) is 5.62. The predicted molar refractivity (Wildman–Crippen MR) is 82.9 cm³/mol. The number of hydrogen-bond acceptors (Lipinski definition) is 3. The van der Waals surface area contributed by atoms with Crippen molar-refractivity contribution in [1.29, 1.82) is 0 Å². The van der Waals surface area contributed by atoms with Gasteiger partial charge in [-0.2, -0.15) is 0 Å². The minimum absolute atomic E-state index is 0.212. The van der Waals surface area contributed by atoms with Crippen molar-refractivity contribution in [3.8, 4) is 5.75 Å². The Bertz CT molecular complexity index is 467. The molecule has 1 heterocycles. The molecule has 1 atom stereocenters. The monoisotopic (exact) mass is 291 g/mol. The number of aliphatic carboxylic acids is 1. The highest BCUT2D eigenvalue weighted by atomic mass is 16.5. The fourth-order valence-corrected chi connectivity index (χ4v) is 3.10. The second-order valence-electron chi connectivity index (χ2n) is 5.96. The number of hydrogen-bond donors (Lipinski definition) is 1. The fraction of sp³-hybridized carbons (Fsp3) is 0.588. The zero-order valence-corrected chi connectivity index (χ0v) is 13.0. The molecule has 1 saturated heterocycles. The Hall–Kier alpha value is -1.55. The van der Waals surface area contributed by atoms with Crippen molar-refractivity contribution < 1.29 is 14.6 Å². The van der Waals surface area contributed by atoms with Crippen LogP contribution in [0.1, 0.15) is 36.8 Å². The van der Waals surface area contributed by atoms with Crippen LogP contribution in [0.3, 0.4) is 0 Å². The molecule has 0 aromatic heterocycles. The maximum atomic E-state index is 10.8. The van der Waals surface area contributed by atoms with Crippen LogP contribution in [0.5, 0.6) is 5.75 Å². The number of carboxylic acid groups (broad SMARTS) is 1. The molecule has 1 aromatic rings. The molecule has 1 aliphatic heterocycles. The van der Waals surface area contributed by atoms with Crippen molar-refractivity contribution in [2.24, 2.45) is 0 Å². The van der Waals surface area contributed by atoms with Crippen molar-refractivity contribution in [2.45, 2.75) is 45.6 Å². The Balaban J connectivity index is 1.72. The molecule has 0 amide bonds. The molecule has 4 heteroatoms. The molecule has 4 nitrogen and oxygen atoms in total. The van der Waals surface area contributed by atoms with Gasteiger partial charge in [-0.3, -0.25) is 9.69 Å². The van der Waals surface area contributed by atoms with Gasteiger partial charge in [0, 0.05) is 12.6 Å². The van der Waals surface area contributed by atoms with Gasteiger partial charge < -0.3 is 9.84 Å². The molecule has 1 aliphatic rings. The van der Waals surface area contributed by atoms with Gasteiger partial charge in [-0.05, 0) is 62.9 Å². The quantitative estimate of drug-likeness (QED) is 0.785. The van der Waals surface area contributed by atoms with E-state index in [9.17, 15) is 4.79 Å². The smallest absolute Gasteiger partial charge is 0.304 e. The largest absolute Gasteiger partial charge is 0.494 e. The molecule has 1 aromatic carbocycles. The number of likely N-dealkylation sites (tertiary alicyclic amines) is 1. The molecule has 0 radical (unpaired) electrons. The molecule has 21 heavy (non-hydrogen) atoms. The van der Waals surface area contributed by atoms with Crippen molar-refractivity contribution in [1.82, 2.24) is 4.90 Å². The Morgan fingerprint density at radius 1 is 1.33 bits per heavy atom. The van der Waals surface area contributed by atoms with Gasteiger partial charge in [-0.15, -0.1) is 0 Å². The summed E-state index contributed by atoms with van der Waals surface area (Å²) in [5.41, 5.74) is 2.43. The Morgan fingerprint density at radius 3 is 2.71 bits per heavy atom. The molecule has 116 valence electrons. The first-order valence-electron chi connectivity index (χ1n) is 7.71. The zero-order valence-electron chi connectivity index (χ0n) is 13.0. The van der Waals surface area contributed by atoms with Crippen LogP contribution in [0.15, 0.2) is 18.2 Å². The molecule has 1 fully saturated rings. The van der Waals surface area contributed by atoms with E-state index in [1.807, 2.05) is 0 Å². The van der Waals surface area contributed by atoms with Crippen LogP contribution in [-0.4, -0.2) is 41.7 Å². The van der Waals surface area contributed by atoms with E-state index in [1.54, 1.807) is 0 Å². The first-order valence-corrected chi connectivity index (χ1v) is 7.71. The number of ether oxygens (including phenoxy) is 1. The van der Waals surface area contributed by atoms with Crippen LogP contribution in [0.25, 0.3) is 0 Å². The van der Waals surface area contributed by atoms with E-state index in [0.29, 0.717) is 6.61 Å². The van der Waals surface area contributed by atoms with E-state index < -0.39 is 5.97 Å². The van der Waals surface area contributed by atoms with Gasteiger partial charge in [0.05, 0.1) is 13.0 Å². The van der Waals surface area contributed by atoms with Crippen LogP contribution in [0.4, 0.5) is 0 Å². The highest BCUT2D eigenvalue weighted by Gasteiger charge is 2.25. The third kappa shape index (κ3) is 5.05. The molecule has 2 rings (SSSR count). The predicted octanol–water partition coefficient (Wildman–Crippen LogP) is 3.01. The van der Waals surface area contributed by atoms with Crippen molar-refractivity contribution in [3.05, 3.63) is 29.3 Å². The lowest BCUT2D eigenvalue weighted by molar-refractivity contribution is -0.138. The van der Waals surface area contributed by atoms with Gasteiger partial charge in [-0.25, -0.2) is 0 Å². The maximum Gasteiger partial charge on any atom is 0.304 e. The average Bonchev–Trinajstić information content (AvgIpc) is 2.80. The summed E-state index contributed by atoms with van der Waals surface area (Å²) in [7, 11) is 0. The molecular formula is C17H25NO3. The third-order valence-corrected chi connectivity index (χ3v) is 3.96. The van der Waals surface area contributed by atoms with Gasteiger partial charge in [0.1, 0.15) is 5.75 Å². The Labute approximate surface area is 126 Å². The molecular weight excluding hydrogens is 266 g/mol. The SMILES string of the molecule is Cc1cc(C)cc(OCCCN2CCCC2CC(=O)O)c1. The first kappa shape index (κ1) is 15.8. The topological polar surface area (TPSA) is 49.8 Å². The van der Waals surface area contributed by atoms with Gasteiger partial charge in [-0.1, -0.05) is 6.07 Å². The molecule has 0 spiro atoms. The number of aryl methyl sites for hydroxylation is 2. The second kappa shape index (κ2) is 7.46. The maximum absolute atomic E-state index is 10.8. The van der Waals surface area contributed by atoms with Gasteiger partial charge >= 0.3 is 5.97 Å².